The smallest absolute Gasteiger partial charge is 0.340 e. The van der Waals surface area contributed by atoms with E-state index in [1.165, 1.54) is 12.5 Å². The third kappa shape index (κ3) is 2.92. The predicted molar refractivity (Wildman–Crippen MR) is 93.7 cm³/mol. The summed E-state index contributed by atoms with van der Waals surface area (Å²) in [6, 6.07) is 9.28. The van der Waals surface area contributed by atoms with Gasteiger partial charge in [-0.15, -0.1) is 0 Å². The highest BCUT2D eigenvalue weighted by Gasteiger charge is 2.16. The Labute approximate surface area is 149 Å². The van der Waals surface area contributed by atoms with Gasteiger partial charge >= 0.3 is 5.97 Å². The van der Waals surface area contributed by atoms with Crippen molar-refractivity contribution in [2.45, 2.75) is 13.0 Å². The maximum absolute atomic E-state index is 12.4. The molecule has 1 unspecified atom stereocenters. The molecular formula is C18H16N6O2. The van der Waals surface area contributed by atoms with Crippen molar-refractivity contribution < 1.29 is 9.53 Å². The van der Waals surface area contributed by atoms with Crippen molar-refractivity contribution in [2.24, 2.45) is 7.05 Å². The lowest BCUT2D eigenvalue weighted by molar-refractivity contribution is 0.0337. The van der Waals surface area contributed by atoms with E-state index in [0.717, 1.165) is 16.9 Å². The molecule has 0 radical (unpaired) electrons. The van der Waals surface area contributed by atoms with Gasteiger partial charge in [-0.05, 0) is 30.7 Å². The molecule has 0 fully saturated rings. The Hall–Kier alpha value is -3.55. The highest BCUT2D eigenvalue weighted by atomic mass is 16.5. The van der Waals surface area contributed by atoms with E-state index < -0.39 is 12.1 Å². The van der Waals surface area contributed by atoms with Crippen LogP contribution >= 0.6 is 0 Å². The SMILES string of the molecule is CC(OC(=O)c1cnc2c(c1)ncn2C)c1ccc(-n2cncn2)cc1. The monoisotopic (exact) mass is 348 g/mol. The van der Waals surface area contributed by atoms with E-state index in [4.69, 9.17) is 4.74 Å². The normalized spacial score (nSPS) is 12.2. The van der Waals surface area contributed by atoms with Crippen LogP contribution in [0.3, 0.4) is 0 Å². The maximum Gasteiger partial charge on any atom is 0.340 e. The Morgan fingerprint density at radius 3 is 2.69 bits per heavy atom. The van der Waals surface area contributed by atoms with Crippen molar-refractivity contribution in [3.05, 3.63) is 66.6 Å². The van der Waals surface area contributed by atoms with Crippen LogP contribution in [-0.2, 0) is 11.8 Å². The zero-order valence-electron chi connectivity index (χ0n) is 14.3. The molecule has 3 heterocycles. The molecule has 0 aliphatic heterocycles. The van der Waals surface area contributed by atoms with Crippen LogP contribution in [0.4, 0.5) is 0 Å². The van der Waals surface area contributed by atoms with Crippen molar-refractivity contribution in [3.8, 4) is 5.69 Å². The van der Waals surface area contributed by atoms with Crippen molar-refractivity contribution >= 4 is 17.1 Å². The van der Waals surface area contributed by atoms with Gasteiger partial charge in [0, 0.05) is 13.2 Å². The second-order valence-corrected chi connectivity index (χ2v) is 5.90. The lowest BCUT2D eigenvalue weighted by Crippen LogP contribution is -2.10. The van der Waals surface area contributed by atoms with Gasteiger partial charge in [0.25, 0.3) is 0 Å². The lowest BCUT2D eigenvalue weighted by Gasteiger charge is -2.14. The Kier molecular flexibility index (Phi) is 3.92. The number of imidazole rings is 1. The van der Waals surface area contributed by atoms with Gasteiger partial charge in [0.05, 0.1) is 17.6 Å². The Bertz CT molecular complexity index is 1050. The van der Waals surface area contributed by atoms with E-state index in [1.807, 2.05) is 38.2 Å². The van der Waals surface area contributed by atoms with Gasteiger partial charge in [-0.25, -0.2) is 24.4 Å². The molecule has 130 valence electrons. The number of hydrogen-bond donors (Lipinski definition) is 0. The van der Waals surface area contributed by atoms with Crippen LogP contribution in [0.15, 0.2) is 55.5 Å². The number of hydrogen-bond acceptors (Lipinski definition) is 6. The van der Waals surface area contributed by atoms with Gasteiger partial charge in [-0.1, -0.05) is 12.1 Å². The third-order valence-corrected chi connectivity index (χ3v) is 4.12. The lowest BCUT2D eigenvalue weighted by atomic mass is 10.1. The third-order valence-electron chi connectivity index (χ3n) is 4.12. The largest absolute Gasteiger partial charge is 0.454 e. The highest BCUT2D eigenvalue weighted by molar-refractivity contribution is 5.92. The number of pyridine rings is 1. The first-order valence-corrected chi connectivity index (χ1v) is 8.05. The molecule has 8 heteroatoms. The van der Waals surface area contributed by atoms with Gasteiger partial charge in [0.1, 0.15) is 24.3 Å². The number of carbonyl (C=O) groups excluding carboxylic acids is 1. The molecule has 0 bridgehead atoms. The van der Waals surface area contributed by atoms with Gasteiger partial charge in [0.2, 0.25) is 0 Å². The summed E-state index contributed by atoms with van der Waals surface area (Å²) >= 11 is 0. The van der Waals surface area contributed by atoms with Crippen LogP contribution in [0.25, 0.3) is 16.9 Å². The summed E-state index contributed by atoms with van der Waals surface area (Å²) < 4.78 is 9.02. The summed E-state index contributed by atoms with van der Waals surface area (Å²) in [6.07, 6.45) is 5.87. The Balaban J connectivity index is 1.49. The molecule has 0 saturated heterocycles. The van der Waals surface area contributed by atoms with Crippen LogP contribution in [0.2, 0.25) is 0 Å². The summed E-state index contributed by atoms with van der Waals surface area (Å²) in [5, 5.41) is 4.08. The van der Waals surface area contributed by atoms with E-state index in [-0.39, 0.29) is 0 Å². The molecule has 0 aliphatic rings. The number of aryl methyl sites for hydroxylation is 1. The molecule has 0 N–H and O–H groups in total. The van der Waals surface area contributed by atoms with Gasteiger partial charge in [-0.2, -0.15) is 5.10 Å². The van der Waals surface area contributed by atoms with E-state index in [9.17, 15) is 4.79 Å². The molecular weight excluding hydrogens is 332 g/mol. The molecule has 1 aromatic carbocycles. The molecule has 0 spiro atoms. The molecule has 0 amide bonds. The second kappa shape index (κ2) is 6.40. The second-order valence-electron chi connectivity index (χ2n) is 5.90. The van der Waals surface area contributed by atoms with Gasteiger partial charge in [-0.3, -0.25) is 0 Å². The minimum absolute atomic E-state index is 0.377. The summed E-state index contributed by atoms with van der Waals surface area (Å²) in [5.41, 5.74) is 3.52. The Morgan fingerprint density at radius 2 is 1.96 bits per heavy atom. The average Bonchev–Trinajstić information content (AvgIpc) is 3.32. The standard InChI is InChI=1S/C18H16N6O2/c1-12(13-3-5-15(6-4-13)24-10-19-9-22-24)26-18(25)14-7-16-17(20-8-14)23(2)11-21-16/h3-12H,1-2H3. The average molecular weight is 348 g/mol. The van der Waals surface area contributed by atoms with E-state index >= 15 is 0 Å². The summed E-state index contributed by atoms with van der Waals surface area (Å²) in [6.45, 7) is 1.83. The van der Waals surface area contributed by atoms with Crippen molar-refractivity contribution in [1.82, 2.24) is 29.3 Å². The number of rotatable bonds is 4. The fraction of sp³-hybridized carbons (Fsp3) is 0.167. The van der Waals surface area contributed by atoms with Crippen LogP contribution in [-0.4, -0.2) is 35.3 Å². The van der Waals surface area contributed by atoms with Gasteiger partial charge < -0.3 is 9.30 Å². The summed E-state index contributed by atoms with van der Waals surface area (Å²) in [5.74, 6) is -0.432. The predicted octanol–water partition coefficient (Wildman–Crippen LogP) is 2.47. The number of benzene rings is 1. The molecule has 8 nitrogen and oxygen atoms in total. The van der Waals surface area contributed by atoms with Crippen molar-refractivity contribution in [1.29, 1.82) is 0 Å². The summed E-state index contributed by atoms with van der Waals surface area (Å²) in [4.78, 5) is 24.8. The molecule has 4 aromatic rings. The first-order chi connectivity index (χ1) is 12.6. The van der Waals surface area contributed by atoms with E-state index in [2.05, 4.69) is 20.1 Å². The van der Waals surface area contributed by atoms with Crippen LogP contribution in [0.1, 0.15) is 28.9 Å². The maximum atomic E-state index is 12.4. The minimum Gasteiger partial charge on any atom is -0.454 e. The van der Waals surface area contributed by atoms with Crippen molar-refractivity contribution in [3.63, 3.8) is 0 Å². The number of nitrogens with zero attached hydrogens (tertiary/aromatic N) is 6. The van der Waals surface area contributed by atoms with Crippen molar-refractivity contribution in [2.75, 3.05) is 0 Å². The molecule has 1 atom stereocenters. The topological polar surface area (TPSA) is 87.7 Å². The first kappa shape index (κ1) is 15.9. The fourth-order valence-electron chi connectivity index (χ4n) is 2.66. The number of fused-ring (bicyclic) bond motifs is 1. The van der Waals surface area contributed by atoms with Crippen LogP contribution in [0, 0.1) is 0 Å². The molecule has 3 aromatic heterocycles. The molecule has 4 rings (SSSR count). The molecule has 26 heavy (non-hydrogen) atoms. The fourth-order valence-corrected chi connectivity index (χ4v) is 2.66. The van der Waals surface area contributed by atoms with E-state index in [0.29, 0.717) is 11.1 Å². The first-order valence-electron chi connectivity index (χ1n) is 8.05. The zero-order valence-corrected chi connectivity index (χ0v) is 14.3. The molecule has 0 aliphatic carbocycles. The van der Waals surface area contributed by atoms with Gasteiger partial charge in [0.15, 0.2) is 5.65 Å². The molecule has 0 saturated carbocycles. The van der Waals surface area contributed by atoms with E-state index in [1.54, 1.807) is 28.0 Å². The zero-order chi connectivity index (χ0) is 18.1. The highest BCUT2D eigenvalue weighted by Crippen LogP contribution is 2.21. The minimum atomic E-state index is -0.432. The number of aromatic nitrogens is 6. The number of ether oxygens (including phenoxy) is 1. The Morgan fingerprint density at radius 1 is 1.15 bits per heavy atom. The number of carbonyl (C=O) groups is 1. The summed E-state index contributed by atoms with van der Waals surface area (Å²) in [7, 11) is 1.85. The van der Waals surface area contributed by atoms with Crippen LogP contribution in [0.5, 0.6) is 0 Å². The number of esters is 1. The quantitative estimate of drug-likeness (QED) is 0.527. The van der Waals surface area contributed by atoms with Crippen LogP contribution < -0.4 is 0 Å².